The van der Waals surface area contributed by atoms with Crippen LogP contribution in [-0.2, 0) is 11.0 Å². The van der Waals surface area contributed by atoms with E-state index < -0.39 is 22.5 Å². The minimum atomic E-state index is -4.43. The Morgan fingerprint density at radius 1 is 1.38 bits per heavy atom. The molecule has 1 saturated carbocycles. The first-order valence-electron chi connectivity index (χ1n) is 7.69. The number of carbonyl (C=O) groups excluding carboxylic acids is 1. The number of aromatic nitrogens is 1. The van der Waals surface area contributed by atoms with Crippen LogP contribution in [0.1, 0.15) is 44.6 Å². The molecule has 4 nitrogen and oxygen atoms in total. The Bertz CT molecular complexity index is 619. The van der Waals surface area contributed by atoms with E-state index in [4.69, 9.17) is 0 Å². The van der Waals surface area contributed by atoms with E-state index in [1.807, 2.05) is 0 Å². The van der Waals surface area contributed by atoms with Gasteiger partial charge in [-0.15, -0.1) is 0 Å². The van der Waals surface area contributed by atoms with E-state index in [1.54, 1.807) is 6.92 Å². The molecule has 1 aliphatic rings. The first kappa shape index (κ1) is 18.6. The summed E-state index contributed by atoms with van der Waals surface area (Å²) in [6.45, 7) is 1.65. The maximum absolute atomic E-state index is 12.5. The number of amides is 1. The van der Waals surface area contributed by atoms with Crippen LogP contribution in [-0.4, -0.2) is 21.7 Å². The highest BCUT2D eigenvalue weighted by Crippen LogP contribution is 2.31. The minimum absolute atomic E-state index is 0.301. The Hall–Kier alpha value is -1.75. The fourth-order valence-corrected chi connectivity index (χ4v) is 3.40. The number of carbonyl (C=O) groups is 1. The minimum Gasteiger partial charge on any atom is -0.337 e. The molecule has 24 heavy (non-hydrogen) atoms. The lowest BCUT2D eigenvalue weighted by atomic mass is 9.83. The highest BCUT2D eigenvalue weighted by Gasteiger charge is 2.35. The van der Waals surface area contributed by atoms with Gasteiger partial charge in [-0.1, -0.05) is 31.0 Å². The van der Waals surface area contributed by atoms with E-state index in [1.165, 1.54) is 6.07 Å². The van der Waals surface area contributed by atoms with Gasteiger partial charge in [0.05, 0.1) is 21.9 Å². The number of halogens is 3. The quantitative estimate of drug-likeness (QED) is 0.830. The molecule has 2 rings (SSSR count). The van der Waals surface area contributed by atoms with Crippen molar-refractivity contribution in [2.45, 2.75) is 61.0 Å². The second kappa shape index (κ2) is 7.43. The molecule has 0 saturated heterocycles. The molecule has 0 spiro atoms. The van der Waals surface area contributed by atoms with Gasteiger partial charge in [0.15, 0.2) is 0 Å². The van der Waals surface area contributed by atoms with Crippen molar-refractivity contribution in [1.82, 2.24) is 10.3 Å². The van der Waals surface area contributed by atoms with Crippen LogP contribution in [0, 0.1) is 11.3 Å². The molecule has 1 fully saturated rings. The third-order valence-electron chi connectivity index (χ3n) is 4.01. The zero-order valence-electron chi connectivity index (χ0n) is 13.2. The lowest BCUT2D eigenvalue weighted by Gasteiger charge is -2.32. The normalized spacial score (nSPS) is 18.5. The van der Waals surface area contributed by atoms with Gasteiger partial charge >= 0.3 is 6.18 Å². The number of nitrogens with one attached hydrogen (secondary N) is 1. The van der Waals surface area contributed by atoms with Gasteiger partial charge in [-0.2, -0.15) is 18.4 Å². The molecule has 1 aliphatic carbocycles. The largest absolute Gasteiger partial charge is 0.417 e. The van der Waals surface area contributed by atoms with Crippen molar-refractivity contribution < 1.29 is 18.0 Å². The van der Waals surface area contributed by atoms with Gasteiger partial charge in [-0.05, 0) is 31.9 Å². The standard InChI is InChI=1S/C16H18F3N3OS/c1-11(14(23)22-15(10-20)7-3-2-4-8-15)24-13-6-5-12(9-21-13)16(17,18)19/h5-6,9,11H,2-4,7-8H2,1H3,(H,22,23). The fourth-order valence-electron chi connectivity index (χ4n) is 2.61. The number of pyridine rings is 1. The van der Waals surface area contributed by atoms with Crippen LogP contribution in [0.3, 0.4) is 0 Å². The topological polar surface area (TPSA) is 65.8 Å². The third kappa shape index (κ3) is 4.63. The van der Waals surface area contributed by atoms with E-state index in [9.17, 15) is 23.2 Å². The predicted octanol–water partition coefficient (Wildman–Crippen LogP) is 3.92. The van der Waals surface area contributed by atoms with Crippen molar-refractivity contribution in [2.24, 2.45) is 0 Å². The summed E-state index contributed by atoms with van der Waals surface area (Å²) in [6.07, 6.45) is 0.436. The molecule has 130 valence electrons. The number of hydrogen-bond donors (Lipinski definition) is 1. The predicted molar refractivity (Wildman–Crippen MR) is 84.1 cm³/mol. The third-order valence-corrected chi connectivity index (χ3v) is 5.06. The summed E-state index contributed by atoms with van der Waals surface area (Å²) in [5, 5.41) is 12.0. The van der Waals surface area contributed by atoms with E-state index in [2.05, 4.69) is 16.4 Å². The first-order chi connectivity index (χ1) is 11.3. The highest BCUT2D eigenvalue weighted by molar-refractivity contribution is 8.00. The molecule has 1 heterocycles. The van der Waals surface area contributed by atoms with Crippen LogP contribution >= 0.6 is 11.8 Å². The van der Waals surface area contributed by atoms with Crippen molar-refractivity contribution in [2.75, 3.05) is 0 Å². The first-order valence-corrected chi connectivity index (χ1v) is 8.57. The van der Waals surface area contributed by atoms with Gasteiger partial charge in [-0.3, -0.25) is 4.79 Å². The van der Waals surface area contributed by atoms with Crippen LogP contribution in [0.25, 0.3) is 0 Å². The SMILES string of the molecule is CC(Sc1ccc(C(F)(F)F)cn1)C(=O)NC1(C#N)CCCCC1. The number of nitriles is 1. The molecule has 0 aliphatic heterocycles. The fraction of sp³-hybridized carbons (Fsp3) is 0.562. The van der Waals surface area contributed by atoms with Crippen LogP contribution in [0.2, 0.25) is 0 Å². The zero-order valence-corrected chi connectivity index (χ0v) is 14.0. The van der Waals surface area contributed by atoms with Gasteiger partial charge in [0.2, 0.25) is 5.91 Å². The lowest BCUT2D eigenvalue weighted by molar-refractivity contribution is -0.137. The van der Waals surface area contributed by atoms with Gasteiger partial charge in [0.25, 0.3) is 0 Å². The monoisotopic (exact) mass is 357 g/mol. The van der Waals surface area contributed by atoms with Crippen molar-refractivity contribution in [3.63, 3.8) is 0 Å². The summed E-state index contributed by atoms with van der Waals surface area (Å²) in [5.74, 6) is -0.301. The van der Waals surface area contributed by atoms with E-state index in [-0.39, 0.29) is 5.91 Å². The number of hydrogen-bond acceptors (Lipinski definition) is 4. The molecule has 1 aromatic rings. The Morgan fingerprint density at radius 2 is 2.04 bits per heavy atom. The molecule has 1 aromatic heterocycles. The molecule has 0 radical (unpaired) electrons. The number of rotatable bonds is 4. The lowest BCUT2D eigenvalue weighted by Crippen LogP contribution is -2.50. The summed E-state index contributed by atoms with van der Waals surface area (Å²) in [5.41, 5.74) is -1.65. The Balaban J connectivity index is 1.97. The maximum Gasteiger partial charge on any atom is 0.417 e. The molecular weight excluding hydrogens is 339 g/mol. The summed E-state index contributed by atoms with van der Waals surface area (Å²) in [6, 6.07) is 4.40. The Morgan fingerprint density at radius 3 is 2.54 bits per heavy atom. The highest BCUT2D eigenvalue weighted by atomic mass is 32.2. The number of alkyl halides is 3. The molecule has 8 heteroatoms. The van der Waals surface area contributed by atoms with Gasteiger partial charge < -0.3 is 5.32 Å². The van der Waals surface area contributed by atoms with Crippen LogP contribution in [0.15, 0.2) is 23.4 Å². The second-order valence-electron chi connectivity index (χ2n) is 5.89. The smallest absolute Gasteiger partial charge is 0.337 e. The van der Waals surface area contributed by atoms with E-state index >= 15 is 0 Å². The number of thioether (sulfide) groups is 1. The maximum atomic E-state index is 12.5. The molecule has 1 atom stereocenters. The van der Waals surface area contributed by atoms with Crippen LogP contribution in [0.4, 0.5) is 13.2 Å². The molecule has 1 amide bonds. The summed E-state index contributed by atoms with van der Waals surface area (Å²) in [4.78, 5) is 16.1. The van der Waals surface area contributed by atoms with Crippen molar-refractivity contribution in [3.05, 3.63) is 23.9 Å². The zero-order chi connectivity index (χ0) is 17.8. The van der Waals surface area contributed by atoms with Crippen LogP contribution in [0.5, 0.6) is 0 Å². The Labute approximate surface area is 142 Å². The molecule has 1 unspecified atom stereocenters. The second-order valence-corrected chi connectivity index (χ2v) is 7.25. The molecule has 1 N–H and O–H groups in total. The Kier molecular flexibility index (Phi) is 5.75. The van der Waals surface area contributed by atoms with E-state index in [0.717, 1.165) is 43.3 Å². The van der Waals surface area contributed by atoms with Gasteiger partial charge in [0.1, 0.15) is 5.54 Å². The van der Waals surface area contributed by atoms with Gasteiger partial charge in [-0.25, -0.2) is 4.98 Å². The van der Waals surface area contributed by atoms with Crippen molar-refractivity contribution in [1.29, 1.82) is 5.26 Å². The average molecular weight is 357 g/mol. The van der Waals surface area contributed by atoms with Crippen molar-refractivity contribution >= 4 is 17.7 Å². The molecule has 0 aromatic carbocycles. The number of nitrogens with zero attached hydrogens (tertiary/aromatic N) is 2. The van der Waals surface area contributed by atoms with Crippen LogP contribution < -0.4 is 5.32 Å². The van der Waals surface area contributed by atoms with Crippen molar-refractivity contribution in [3.8, 4) is 6.07 Å². The summed E-state index contributed by atoms with van der Waals surface area (Å²) >= 11 is 1.07. The summed E-state index contributed by atoms with van der Waals surface area (Å²) in [7, 11) is 0. The average Bonchev–Trinajstić information content (AvgIpc) is 2.55. The summed E-state index contributed by atoms with van der Waals surface area (Å²) < 4.78 is 37.5. The molecular formula is C16H18F3N3OS. The van der Waals surface area contributed by atoms with E-state index in [0.29, 0.717) is 17.9 Å². The molecule has 0 bridgehead atoms. The van der Waals surface area contributed by atoms with Gasteiger partial charge in [0, 0.05) is 6.20 Å².